The normalized spacial score (nSPS) is 12.2. The fourth-order valence-electron chi connectivity index (χ4n) is 2.61. The molecule has 0 saturated heterocycles. The largest absolute Gasteiger partial charge is 0.488 e. The van der Waals surface area contributed by atoms with Gasteiger partial charge in [-0.25, -0.2) is 13.8 Å². The van der Waals surface area contributed by atoms with Crippen molar-refractivity contribution in [2.45, 2.75) is 19.9 Å². The van der Waals surface area contributed by atoms with E-state index in [4.69, 9.17) is 9.15 Å². The van der Waals surface area contributed by atoms with Gasteiger partial charge in [0.05, 0.1) is 11.6 Å². The maximum atomic E-state index is 13.6. The lowest BCUT2D eigenvalue weighted by Crippen LogP contribution is -2.37. The maximum Gasteiger partial charge on any atom is 0.265 e. The molecular weight excluding hydrogens is 360 g/mol. The first kappa shape index (κ1) is 18.6. The molecule has 3 rings (SSSR count). The Labute approximate surface area is 152 Å². The van der Waals surface area contributed by atoms with Gasteiger partial charge in [0.1, 0.15) is 29.9 Å². The molecule has 0 saturated carbocycles. The lowest BCUT2D eigenvalue weighted by molar-refractivity contribution is 0.0926. The molecule has 9 heteroatoms. The molecule has 1 unspecified atom stereocenters. The third kappa shape index (κ3) is 3.67. The number of aryl methyl sites for hydroxylation is 2. The smallest absolute Gasteiger partial charge is 0.265 e. The van der Waals surface area contributed by atoms with Gasteiger partial charge in [0, 0.05) is 13.1 Å². The Morgan fingerprint density at radius 1 is 1.41 bits per heavy atom. The van der Waals surface area contributed by atoms with E-state index in [1.165, 1.54) is 24.0 Å². The summed E-state index contributed by atoms with van der Waals surface area (Å²) in [7, 11) is 1.52. The molecule has 27 heavy (non-hydrogen) atoms. The number of nitrogens with one attached hydrogen (secondary N) is 1. The van der Waals surface area contributed by atoms with E-state index in [9.17, 15) is 18.4 Å². The van der Waals surface area contributed by atoms with Gasteiger partial charge in [-0.3, -0.25) is 9.59 Å². The number of furan rings is 1. The zero-order valence-corrected chi connectivity index (χ0v) is 14.9. The van der Waals surface area contributed by atoms with Crippen molar-refractivity contribution in [3.63, 3.8) is 0 Å². The molecule has 0 radical (unpaired) electrons. The maximum absolute atomic E-state index is 13.6. The highest BCUT2D eigenvalue weighted by Crippen LogP contribution is 2.21. The van der Waals surface area contributed by atoms with E-state index in [2.05, 4.69) is 10.3 Å². The number of fused-ring (bicyclic) bond motifs is 1. The average Bonchev–Trinajstić information content (AvgIpc) is 2.94. The van der Waals surface area contributed by atoms with Gasteiger partial charge in [0.25, 0.3) is 11.5 Å². The van der Waals surface area contributed by atoms with E-state index in [0.29, 0.717) is 6.07 Å². The predicted octanol–water partition coefficient (Wildman–Crippen LogP) is 2.31. The van der Waals surface area contributed by atoms with Crippen molar-refractivity contribution < 1.29 is 22.7 Å². The van der Waals surface area contributed by atoms with Crippen LogP contribution in [0, 0.1) is 18.6 Å². The Bertz CT molecular complexity index is 1070. The highest BCUT2D eigenvalue weighted by atomic mass is 19.1. The van der Waals surface area contributed by atoms with Crippen LogP contribution in [0.1, 0.15) is 23.0 Å². The van der Waals surface area contributed by atoms with E-state index in [-0.39, 0.29) is 34.8 Å². The standard InChI is InChI=1S/C18H17F2N3O4/c1-9(7-26-13-5-4-11(19)6-12(13)20)22-16(24)14-10(2)27-17-15(14)18(25)23(3)8-21-17/h4-6,8-9H,7H2,1-3H3,(H,22,24). The van der Waals surface area contributed by atoms with Gasteiger partial charge in [-0.15, -0.1) is 0 Å². The van der Waals surface area contributed by atoms with E-state index in [1.54, 1.807) is 13.8 Å². The molecule has 1 N–H and O–H groups in total. The summed E-state index contributed by atoms with van der Waals surface area (Å²) in [5.41, 5.74) is -0.226. The molecule has 1 aromatic carbocycles. The van der Waals surface area contributed by atoms with Crippen molar-refractivity contribution in [3.05, 3.63) is 57.8 Å². The summed E-state index contributed by atoms with van der Waals surface area (Å²) in [4.78, 5) is 28.9. The molecule has 3 aromatic rings. The van der Waals surface area contributed by atoms with Gasteiger partial charge in [0.2, 0.25) is 5.71 Å². The van der Waals surface area contributed by atoms with Crippen LogP contribution in [0.4, 0.5) is 8.78 Å². The predicted molar refractivity (Wildman–Crippen MR) is 92.8 cm³/mol. The monoisotopic (exact) mass is 377 g/mol. The van der Waals surface area contributed by atoms with Crippen LogP contribution in [0.15, 0.2) is 33.7 Å². The summed E-state index contributed by atoms with van der Waals surface area (Å²) < 4.78 is 38.4. The lowest BCUT2D eigenvalue weighted by Gasteiger charge is -2.15. The van der Waals surface area contributed by atoms with Gasteiger partial charge < -0.3 is 19.0 Å². The molecule has 0 bridgehead atoms. The van der Waals surface area contributed by atoms with Gasteiger partial charge in [0.15, 0.2) is 11.6 Å². The highest BCUT2D eigenvalue weighted by Gasteiger charge is 2.23. The fourth-order valence-corrected chi connectivity index (χ4v) is 2.61. The van der Waals surface area contributed by atoms with Gasteiger partial charge in [-0.05, 0) is 26.0 Å². The SMILES string of the molecule is Cc1oc2ncn(C)c(=O)c2c1C(=O)NC(C)COc1ccc(F)cc1F. The van der Waals surface area contributed by atoms with Crippen LogP contribution in [-0.4, -0.2) is 28.1 Å². The molecule has 2 aromatic heterocycles. The zero-order valence-electron chi connectivity index (χ0n) is 14.9. The summed E-state index contributed by atoms with van der Waals surface area (Å²) >= 11 is 0. The summed E-state index contributed by atoms with van der Waals surface area (Å²) in [6.07, 6.45) is 1.31. The number of hydrogen-bond acceptors (Lipinski definition) is 5. The second-order valence-electron chi connectivity index (χ2n) is 6.13. The van der Waals surface area contributed by atoms with Crippen molar-refractivity contribution >= 4 is 17.0 Å². The Kier molecular flexibility index (Phi) is 4.93. The Morgan fingerprint density at radius 3 is 2.85 bits per heavy atom. The molecule has 0 spiro atoms. The number of amides is 1. The lowest BCUT2D eigenvalue weighted by atomic mass is 10.1. The van der Waals surface area contributed by atoms with Crippen molar-refractivity contribution in [1.82, 2.24) is 14.9 Å². The first-order valence-corrected chi connectivity index (χ1v) is 8.11. The Hall–Kier alpha value is -3.23. The third-order valence-electron chi connectivity index (χ3n) is 3.94. The molecule has 7 nitrogen and oxygen atoms in total. The molecular formula is C18H17F2N3O4. The molecule has 0 aliphatic heterocycles. The Balaban J connectivity index is 1.75. The number of halogens is 2. The van der Waals surface area contributed by atoms with Crippen molar-refractivity contribution in [2.75, 3.05) is 6.61 Å². The van der Waals surface area contributed by atoms with Crippen LogP contribution >= 0.6 is 0 Å². The number of benzene rings is 1. The quantitative estimate of drug-likeness (QED) is 0.737. The molecule has 0 fully saturated rings. The third-order valence-corrected chi connectivity index (χ3v) is 3.94. The van der Waals surface area contributed by atoms with E-state index in [1.807, 2.05) is 0 Å². The van der Waals surface area contributed by atoms with Crippen LogP contribution in [0.25, 0.3) is 11.1 Å². The summed E-state index contributed by atoms with van der Waals surface area (Å²) in [6, 6.07) is 2.43. The second kappa shape index (κ2) is 7.18. The minimum Gasteiger partial charge on any atom is -0.488 e. The summed E-state index contributed by atoms with van der Waals surface area (Å²) in [5.74, 6) is -1.94. The minimum atomic E-state index is -0.834. The highest BCUT2D eigenvalue weighted by molar-refractivity contribution is 6.06. The molecule has 0 aliphatic rings. The van der Waals surface area contributed by atoms with Crippen LogP contribution in [0.2, 0.25) is 0 Å². The fraction of sp³-hybridized carbons (Fsp3) is 0.278. The molecule has 1 atom stereocenters. The van der Waals surface area contributed by atoms with E-state index in [0.717, 1.165) is 6.07 Å². The van der Waals surface area contributed by atoms with Crippen molar-refractivity contribution in [3.8, 4) is 5.75 Å². The number of carbonyl (C=O) groups is 1. The summed E-state index contributed by atoms with van der Waals surface area (Å²) in [5, 5.41) is 2.76. The number of rotatable bonds is 5. The summed E-state index contributed by atoms with van der Waals surface area (Å²) in [6.45, 7) is 3.15. The van der Waals surface area contributed by atoms with Crippen molar-refractivity contribution in [1.29, 1.82) is 0 Å². The number of hydrogen-bond donors (Lipinski definition) is 1. The van der Waals surface area contributed by atoms with Crippen LogP contribution in [0.3, 0.4) is 0 Å². The number of aromatic nitrogens is 2. The van der Waals surface area contributed by atoms with Crippen LogP contribution < -0.4 is 15.6 Å². The van der Waals surface area contributed by atoms with Crippen molar-refractivity contribution in [2.24, 2.45) is 7.05 Å². The minimum absolute atomic E-state index is 0.0562. The van der Waals surface area contributed by atoms with Gasteiger partial charge in [-0.1, -0.05) is 0 Å². The van der Waals surface area contributed by atoms with E-state index < -0.39 is 29.1 Å². The number of ether oxygens (including phenoxy) is 1. The average molecular weight is 377 g/mol. The topological polar surface area (TPSA) is 86.4 Å². The Morgan fingerprint density at radius 2 is 2.15 bits per heavy atom. The van der Waals surface area contributed by atoms with E-state index >= 15 is 0 Å². The molecule has 142 valence electrons. The molecule has 0 aliphatic carbocycles. The van der Waals surface area contributed by atoms with Gasteiger partial charge >= 0.3 is 0 Å². The molecule has 2 heterocycles. The van der Waals surface area contributed by atoms with Crippen LogP contribution in [-0.2, 0) is 7.05 Å². The zero-order chi connectivity index (χ0) is 19.7. The first-order chi connectivity index (χ1) is 12.8. The molecule has 1 amide bonds. The second-order valence-corrected chi connectivity index (χ2v) is 6.13. The number of nitrogens with zero attached hydrogens (tertiary/aromatic N) is 2. The van der Waals surface area contributed by atoms with Crippen LogP contribution in [0.5, 0.6) is 5.75 Å². The first-order valence-electron chi connectivity index (χ1n) is 8.11. The van der Waals surface area contributed by atoms with Gasteiger partial charge in [-0.2, -0.15) is 0 Å². The number of carbonyl (C=O) groups excluding carboxylic acids is 1.